The van der Waals surface area contributed by atoms with Crippen LogP contribution in [-0.2, 0) is 4.79 Å². The summed E-state index contributed by atoms with van der Waals surface area (Å²) in [5.41, 5.74) is 0.793. The summed E-state index contributed by atoms with van der Waals surface area (Å²) in [4.78, 5) is 13.1. The van der Waals surface area contributed by atoms with Gasteiger partial charge in [0, 0.05) is 18.5 Å². The van der Waals surface area contributed by atoms with Crippen molar-refractivity contribution in [2.75, 3.05) is 19.7 Å². The number of ether oxygens (including phenoxy) is 1. The van der Waals surface area contributed by atoms with Crippen molar-refractivity contribution < 1.29 is 9.53 Å². The number of carbonyl (C=O) groups excluding carboxylic acids is 1. The van der Waals surface area contributed by atoms with E-state index < -0.39 is 0 Å². The Bertz CT molecular complexity index is 625. The molecule has 4 rings (SSSR count). The van der Waals surface area contributed by atoms with Crippen LogP contribution in [0.3, 0.4) is 0 Å². The highest BCUT2D eigenvalue weighted by Gasteiger charge is 2.50. The number of carbonyl (C=O) groups is 1. The monoisotopic (exact) mass is 370 g/mol. The highest BCUT2D eigenvalue weighted by Crippen LogP contribution is 2.45. The third kappa shape index (κ3) is 2.89. The van der Waals surface area contributed by atoms with Crippen LogP contribution in [0.4, 0.5) is 0 Å². The molecule has 1 amide bonds. The average molecular weight is 371 g/mol. The SMILES string of the molecule is Cl.O=C(NC1CCOc2c(Cl)cccc21)[C@@]12CCCC[C@H]1CNC2. The second-order valence-corrected chi connectivity index (χ2v) is 7.46. The van der Waals surface area contributed by atoms with Crippen LogP contribution in [0.25, 0.3) is 0 Å². The summed E-state index contributed by atoms with van der Waals surface area (Å²) in [6.45, 7) is 2.38. The van der Waals surface area contributed by atoms with Crippen molar-refractivity contribution in [3.05, 3.63) is 28.8 Å². The molecule has 2 heterocycles. The molecule has 132 valence electrons. The van der Waals surface area contributed by atoms with Crippen molar-refractivity contribution >= 4 is 29.9 Å². The number of para-hydroxylation sites is 1. The van der Waals surface area contributed by atoms with Gasteiger partial charge in [-0.2, -0.15) is 0 Å². The lowest BCUT2D eigenvalue weighted by molar-refractivity contribution is -0.135. The fourth-order valence-corrected chi connectivity index (χ4v) is 4.77. The molecular formula is C18H24Cl2N2O2. The van der Waals surface area contributed by atoms with Crippen molar-refractivity contribution in [2.24, 2.45) is 11.3 Å². The van der Waals surface area contributed by atoms with E-state index in [1.54, 1.807) is 0 Å². The molecule has 1 aromatic rings. The van der Waals surface area contributed by atoms with E-state index in [1.165, 1.54) is 6.42 Å². The summed E-state index contributed by atoms with van der Waals surface area (Å²) in [6.07, 6.45) is 5.37. The summed E-state index contributed by atoms with van der Waals surface area (Å²) in [7, 11) is 0. The molecular weight excluding hydrogens is 347 g/mol. The number of amides is 1. The van der Waals surface area contributed by atoms with Gasteiger partial charge in [-0.25, -0.2) is 0 Å². The van der Waals surface area contributed by atoms with Crippen LogP contribution < -0.4 is 15.4 Å². The van der Waals surface area contributed by atoms with E-state index in [1.807, 2.05) is 18.2 Å². The zero-order valence-electron chi connectivity index (χ0n) is 13.6. The predicted molar refractivity (Wildman–Crippen MR) is 97.0 cm³/mol. The summed E-state index contributed by atoms with van der Waals surface area (Å²) < 4.78 is 5.70. The van der Waals surface area contributed by atoms with Crippen LogP contribution in [0.5, 0.6) is 5.75 Å². The van der Waals surface area contributed by atoms with Crippen LogP contribution in [0, 0.1) is 11.3 Å². The highest BCUT2D eigenvalue weighted by molar-refractivity contribution is 6.32. The molecule has 0 radical (unpaired) electrons. The van der Waals surface area contributed by atoms with E-state index >= 15 is 0 Å². The third-order valence-electron chi connectivity index (χ3n) is 5.82. The summed E-state index contributed by atoms with van der Waals surface area (Å²) in [6, 6.07) is 5.77. The zero-order valence-corrected chi connectivity index (χ0v) is 15.2. The minimum Gasteiger partial charge on any atom is -0.492 e. The average Bonchev–Trinajstić information content (AvgIpc) is 3.01. The molecule has 3 atom stereocenters. The molecule has 0 bridgehead atoms. The number of benzene rings is 1. The third-order valence-corrected chi connectivity index (χ3v) is 6.12. The van der Waals surface area contributed by atoms with Crippen molar-refractivity contribution in [3.8, 4) is 5.75 Å². The Morgan fingerprint density at radius 3 is 3.08 bits per heavy atom. The summed E-state index contributed by atoms with van der Waals surface area (Å²) >= 11 is 6.23. The lowest BCUT2D eigenvalue weighted by atomic mass is 9.67. The van der Waals surface area contributed by atoms with Gasteiger partial charge in [-0.05, 0) is 31.4 Å². The first-order valence-electron chi connectivity index (χ1n) is 8.63. The topological polar surface area (TPSA) is 50.4 Å². The van der Waals surface area contributed by atoms with Crippen LogP contribution in [-0.4, -0.2) is 25.6 Å². The molecule has 2 fully saturated rings. The maximum atomic E-state index is 13.1. The number of fused-ring (bicyclic) bond motifs is 2. The van der Waals surface area contributed by atoms with Gasteiger partial charge in [-0.15, -0.1) is 12.4 Å². The predicted octanol–water partition coefficient (Wildman–Crippen LogP) is 3.48. The maximum absolute atomic E-state index is 13.1. The molecule has 1 unspecified atom stereocenters. The van der Waals surface area contributed by atoms with Gasteiger partial charge < -0.3 is 15.4 Å². The summed E-state index contributed by atoms with van der Waals surface area (Å²) in [5.74, 6) is 1.42. The van der Waals surface area contributed by atoms with Crippen molar-refractivity contribution in [3.63, 3.8) is 0 Å². The van der Waals surface area contributed by atoms with Gasteiger partial charge in [0.25, 0.3) is 0 Å². The Labute approximate surface area is 154 Å². The lowest BCUT2D eigenvalue weighted by Gasteiger charge is -2.39. The molecule has 24 heavy (non-hydrogen) atoms. The Morgan fingerprint density at radius 2 is 2.21 bits per heavy atom. The van der Waals surface area contributed by atoms with Crippen molar-refractivity contribution in [1.29, 1.82) is 0 Å². The number of nitrogens with one attached hydrogen (secondary N) is 2. The number of rotatable bonds is 2. The first-order chi connectivity index (χ1) is 11.2. The van der Waals surface area contributed by atoms with E-state index in [9.17, 15) is 4.79 Å². The fraction of sp³-hybridized carbons (Fsp3) is 0.611. The second kappa shape index (κ2) is 7.11. The van der Waals surface area contributed by atoms with Crippen LogP contribution in [0.15, 0.2) is 18.2 Å². The molecule has 2 aliphatic heterocycles. The minimum absolute atomic E-state index is 0. The van der Waals surface area contributed by atoms with Gasteiger partial charge in [0.1, 0.15) is 5.75 Å². The van der Waals surface area contributed by atoms with Gasteiger partial charge in [0.15, 0.2) is 0 Å². The number of halogens is 2. The number of hydrogen-bond donors (Lipinski definition) is 2. The highest BCUT2D eigenvalue weighted by atomic mass is 35.5. The Hall–Kier alpha value is -0.970. The second-order valence-electron chi connectivity index (χ2n) is 7.05. The van der Waals surface area contributed by atoms with Crippen molar-refractivity contribution in [1.82, 2.24) is 10.6 Å². The largest absolute Gasteiger partial charge is 0.492 e. The molecule has 0 spiro atoms. The van der Waals surface area contributed by atoms with E-state index in [4.69, 9.17) is 16.3 Å². The molecule has 1 aromatic carbocycles. The Balaban J connectivity index is 0.00000169. The fourth-order valence-electron chi connectivity index (χ4n) is 4.53. The Morgan fingerprint density at radius 1 is 1.33 bits per heavy atom. The molecule has 0 aromatic heterocycles. The summed E-state index contributed by atoms with van der Waals surface area (Å²) in [5, 5.41) is 7.38. The van der Waals surface area contributed by atoms with Gasteiger partial charge >= 0.3 is 0 Å². The van der Waals surface area contributed by atoms with Crippen LogP contribution in [0.1, 0.15) is 43.7 Å². The molecule has 1 aliphatic carbocycles. The standard InChI is InChI=1S/C18H23ClN2O2.ClH/c19-14-6-3-5-13-15(7-9-23-16(13)14)21-17(22)18-8-2-1-4-12(18)10-20-11-18;/h3,5-6,12,15,20H,1-2,4,7-11H2,(H,21,22);1H/t12-,15?,18+;/m0./s1. The van der Waals surface area contributed by atoms with Crippen LogP contribution in [0.2, 0.25) is 5.02 Å². The normalized spacial score (nSPS) is 31.2. The van der Waals surface area contributed by atoms with E-state index in [-0.39, 0.29) is 29.8 Å². The lowest BCUT2D eigenvalue weighted by Crippen LogP contribution is -2.49. The van der Waals surface area contributed by atoms with Gasteiger partial charge in [0.05, 0.1) is 23.1 Å². The van der Waals surface area contributed by atoms with Crippen molar-refractivity contribution in [2.45, 2.75) is 38.1 Å². The van der Waals surface area contributed by atoms with E-state index in [0.29, 0.717) is 17.5 Å². The Kier molecular flexibility index (Phi) is 5.28. The molecule has 2 N–H and O–H groups in total. The first kappa shape index (κ1) is 17.8. The molecule has 1 saturated carbocycles. The quantitative estimate of drug-likeness (QED) is 0.837. The van der Waals surface area contributed by atoms with E-state index in [2.05, 4.69) is 10.6 Å². The van der Waals surface area contributed by atoms with E-state index in [0.717, 1.165) is 50.1 Å². The smallest absolute Gasteiger partial charge is 0.228 e. The van der Waals surface area contributed by atoms with Gasteiger partial charge in [-0.3, -0.25) is 4.79 Å². The molecule has 4 nitrogen and oxygen atoms in total. The molecule has 6 heteroatoms. The molecule has 3 aliphatic rings. The van der Waals surface area contributed by atoms with Gasteiger partial charge in [0.2, 0.25) is 5.91 Å². The molecule has 1 saturated heterocycles. The maximum Gasteiger partial charge on any atom is 0.228 e. The minimum atomic E-state index is -0.213. The number of hydrogen-bond acceptors (Lipinski definition) is 3. The first-order valence-corrected chi connectivity index (χ1v) is 9.01. The van der Waals surface area contributed by atoms with Crippen LogP contribution >= 0.6 is 24.0 Å². The zero-order chi connectivity index (χ0) is 15.9. The van der Waals surface area contributed by atoms with Gasteiger partial charge in [-0.1, -0.05) is 36.6 Å².